The van der Waals surface area contributed by atoms with Crippen molar-refractivity contribution in [2.75, 3.05) is 11.5 Å². The second kappa shape index (κ2) is 6.81. The van der Waals surface area contributed by atoms with Crippen LogP contribution in [0.5, 0.6) is 0 Å². The minimum atomic E-state index is -4.66. The molecule has 0 fully saturated rings. The lowest BCUT2D eigenvalue weighted by atomic mass is 10.2. The molecule has 2 N–H and O–H groups in total. The molecule has 0 aliphatic rings. The van der Waals surface area contributed by atoms with Gasteiger partial charge >= 0.3 is 12.4 Å². The van der Waals surface area contributed by atoms with E-state index >= 15 is 0 Å². The Bertz CT molecular complexity index is 777. The molecule has 0 amide bonds. The number of nitrogens with two attached hydrogens (primary N) is 1. The molecule has 25 heavy (non-hydrogen) atoms. The fourth-order valence-corrected chi connectivity index (χ4v) is 3.40. The number of hydrogen-bond acceptors (Lipinski definition) is 3. The molecule has 12 heteroatoms. The Balaban J connectivity index is 2.50. The van der Waals surface area contributed by atoms with Crippen molar-refractivity contribution in [3.05, 3.63) is 33.4 Å². The van der Waals surface area contributed by atoms with E-state index in [2.05, 4.69) is 5.10 Å². The number of benzene rings is 1. The second-order valence-electron chi connectivity index (χ2n) is 4.90. The Morgan fingerprint density at radius 2 is 1.64 bits per heavy atom. The predicted molar refractivity (Wildman–Crippen MR) is 84.5 cm³/mol. The van der Waals surface area contributed by atoms with Gasteiger partial charge in [0.15, 0.2) is 0 Å². The summed E-state index contributed by atoms with van der Waals surface area (Å²) in [5.41, 5.74) is 4.75. The zero-order valence-electron chi connectivity index (χ0n) is 12.3. The fourth-order valence-electron chi connectivity index (χ4n) is 1.97. The lowest BCUT2D eigenvalue weighted by molar-refractivity contribution is -0.137. The highest BCUT2D eigenvalue weighted by molar-refractivity contribution is 7.99. The highest BCUT2D eigenvalue weighted by Gasteiger charge is 2.33. The van der Waals surface area contributed by atoms with Gasteiger partial charge in [-0.3, -0.25) is 0 Å². The molecule has 2 rings (SSSR count). The van der Waals surface area contributed by atoms with Crippen molar-refractivity contribution < 1.29 is 26.3 Å². The van der Waals surface area contributed by atoms with Crippen molar-refractivity contribution in [2.24, 2.45) is 0 Å². The van der Waals surface area contributed by atoms with Gasteiger partial charge in [-0.1, -0.05) is 23.2 Å². The van der Waals surface area contributed by atoms with E-state index in [9.17, 15) is 26.3 Å². The van der Waals surface area contributed by atoms with E-state index < -0.39 is 23.7 Å². The summed E-state index contributed by atoms with van der Waals surface area (Å²) in [6.07, 6.45) is -9.08. The van der Waals surface area contributed by atoms with E-state index in [1.54, 1.807) is 0 Å². The standard InChI is InChI=1S/C13H9Cl2F6N3S/c1-5-10(25-4-12(16,17)18)11(22)24(23-5)9-7(14)2-6(3-8(9)15)13(19,20)21/h2-3H,4,22H2,1H3. The highest BCUT2D eigenvalue weighted by atomic mass is 35.5. The summed E-state index contributed by atoms with van der Waals surface area (Å²) >= 11 is 12.2. The van der Waals surface area contributed by atoms with Crippen LogP contribution >= 0.6 is 35.0 Å². The van der Waals surface area contributed by atoms with Gasteiger partial charge in [0.05, 0.1) is 32.0 Å². The molecule has 0 aliphatic carbocycles. The lowest BCUT2D eigenvalue weighted by Crippen LogP contribution is -2.11. The summed E-state index contributed by atoms with van der Waals surface area (Å²) in [4.78, 5) is 0.0457. The number of alkyl halides is 6. The van der Waals surface area contributed by atoms with Gasteiger partial charge in [-0.05, 0) is 19.1 Å². The maximum absolute atomic E-state index is 12.8. The van der Waals surface area contributed by atoms with Gasteiger partial charge in [-0.15, -0.1) is 11.8 Å². The molecule has 2 aromatic rings. The number of nitrogen functional groups attached to an aromatic ring is 1. The molecular weight excluding hydrogens is 415 g/mol. The van der Waals surface area contributed by atoms with Gasteiger partial charge in [0, 0.05) is 0 Å². The molecule has 1 aromatic carbocycles. The first kappa shape index (κ1) is 20.1. The second-order valence-corrected chi connectivity index (χ2v) is 6.70. The monoisotopic (exact) mass is 423 g/mol. The van der Waals surface area contributed by atoms with Crippen molar-refractivity contribution in [1.29, 1.82) is 0 Å². The normalized spacial score (nSPS) is 12.7. The summed E-state index contributed by atoms with van der Waals surface area (Å²) in [6.45, 7) is 1.41. The van der Waals surface area contributed by atoms with Gasteiger partial charge in [0.1, 0.15) is 11.5 Å². The molecule has 138 valence electrons. The molecule has 0 atom stereocenters. The van der Waals surface area contributed by atoms with E-state index in [4.69, 9.17) is 28.9 Å². The molecule has 0 unspecified atom stereocenters. The molecule has 3 nitrogen and oxygen atoms in total. The number of hydrogen-bond donors (Lipinski definition) is 1. The van der Waals surface area contributed by atoms with Crippen LogP contribution in [0.15, 0.2) is 17.0 Å². The van der Waals surface area contributed by atoms with Crippen molar-refractivity contribution >= 4 is 40.8 Å². The molecule has 0 saturated heterocycles. The van der Waals surface area contributed by atoms with Crippen LogP contribution in [-0.2, 0) is 6.18 Å². The summed E-state index contributed by atoms with van der Waals surface area (Å²) < 4.78 is 76.4. The Kier molecular flexibility index (Phi) is 5.46. The van der Waals surface area contributed by atoms with Crippen molar-refractivity contribution in [1.82, 2.24) is 9.78 Å². The van der Waals surface area contributed by atoms with Gasteiger partial charge in [0.2, 0.25) is 0 Å². The number of halogens is 8. The third-order valence-corrected chi connectivity index (χ3v) is 4.82. The molecule has 0 aliphatic heterocycles. The maximum Gasteiger partial charge on any atom is 0.416 e. The van der Waals surface area contributed by atoms with Crippen LogP contribution in [0.2, 0.25) is 10.0 Å². The van der Waals surface area contributed by atoms with Crippen LogP contribution in [-0.4, -0.2) is 21.7 Å². The third-order valence-electron chi connectivity index (χ3n) is 2.98. The van der Waals surface area contributed by atoms with Crippen molar-refractivity contribution in [2.45, 2.75) is 24.2 Å². The van der Waals surface area contributed by atoms with Crippen LogP contribution in [0, 0.1) is 6.92 Å². The van der Waals surface area contributed by atoms with Crippen LogP contribution in [0.4, 0.5) is 32.2 Å². The van der Waals surface area contributed by atoms with Crippen LogP contribution in [0.1, 0.15) is 11.3 Å². The molecule has 0 spiro atoms. The number of anilines is 1. The number of rotatable bonds is 3. The SMILES string of the molecule is Cc1nn(-c2c(Cl)cc(C(F)(F)F)cc2Cl)c(N)c1SCC(F)(F)F. The Morgan fingerprint density at radius 1 is 1.12 bits per heavy atom. The highest BCUT2D eigenvalue weighted by Crippen LogP contribution is 2.40. The van der Waals surface area contributed by atoms with Crippen molar-refractivity contribution in [3.8, 4) is 5.69 Å². The predicted octanol–water partition coefficient (Wildman–Crippen LogP) is 5.74. The van der Waals surface area contributed by atoms with E-state index in [0.717, 1.165) is 4.68 Å². The summed E-state index contributed by atoms with van der Waals surface area (Å²) in [5, 5.41) is 3.17. The number of thioether (sulfide) groups is 1. The van der Waals surface area contributed by atoms with Gasteiger partial charge in [-0.25, -0.2) is 4.68 Å². The van der Waals surface area contributed by atoms with Gasteiger partial charge < -0.3 is 5.73 Å². The Labute approximate surface area is 152 Å². The largest absolute Gasteiger partial charge is 0.416 e. The number of aromatic nitrogens is 2. The average molecular weight is 424 g/mol. The quantitative estimate of drug-likeness (QED) is 0.505. The Hall–Kier alpha value is -1.26. The molecular formula is C13H9Cl2F6N3S. The number of nitrogens with zero attached hydrogens (tertiary/aromatic N) is 2. The average Bonchev–Trinajstić information content (AvgIpc) is 2.69. The smallest absolute Gasteiger partial charge is 0.383 e. The molecule has 1 heterocycles. The molecule has 0 bridgehead atoms. The summed E-state index contributed by atoms with van der Waals surface area (Å²) in [5.74, 6) is -1.40. The minimum Gasteiger partial charge on any atom is -0.383 e. The molecule has 0 radical (unpaired) electrons. The first-order valence-corrected chi connectivity index (χ1v) is 8.16. The first-order valence-electron chi connectivity index (χ1n) is 6.42. The lowest BCUT2D eigenvalue weighted by Gasteiger charge is -2.13. The van der Waals surface area contributed by atoms with E-state index in [0.29, 0.717) is 23.9 Å². The molecule has 1 aromatic heterocycles. The van der Waals surface area contributed by atoms with Crippen LogP contribution < -0.4 is 5.73 Å². The van der Waals surface area contributed by atoms with Gasteiger partial charge in [-0.2, -0.15) is 31.4 Å². The fraction of sp³-hybridized carbons (Fsp3) is 0.308. The summed E-state index contributed by atoms with van der Waals surface area (Å²) in [6, 6.07) is 1.28. The number of aryl methyl sites for hydroxylation is 1. The van der Waals surface area contributed by atoms with E-state index in [1.165, 1.54) is 6.92 Å². The zero-order chi connectivity index (χ0) is 19.2. The molecule has 0 saturated carbocycles. The van der Waals surface area contributed by atoms with Crippen LogP contribution in [0.25, 0.3) is 5.69 Å². The topological polar surface area (TPSA) is 43.8 Å². The summed E-state index contributed by atoms with van der Waals surface area (Å²) in [7, 11) is 0. The van der Waals surface area contributed by atoms with E-state index in [-0.39, 0.29) is 32.1 Å². The van der Waals surface area contributed by atoms with Crippen molar-refractivity contribution in [3.63, 3.8) is 0 Å². The van der Waals surface area contributed by atoms with Gasteiger partial charge in [0.25, 0.3) is 0 Å². The van der Waals surface area contributed by atoms with Crippen LogP contribution in [0.3, 0.4) is 0 Å². The Morgan fingerprint density at radius 3 is 2.08 bits per heavy atom. The zero-order valence-corrected chi connectivity index (χ0v) is 14.6. The van der Waals surface area contributed by atoms with E-state index in [1.807, 2.05) is 0 Å². The first-order chi connectivity index (χ1) is 11.3. The maximum atomic E-state index is 12.8. The third kappa shape index (κ3) is 4.48. The minimum absolute atomic E-state index is 0.0457.